The molecule has 1 aliphatic carbocycles. The third-order valence-corrected chi connectivity index (χ3v) is 5.33. The average molecular weight is 238 g/mol. The molecule has 0 atom stereocenters. The molecule has 0 N–H and O–H groups in total. The fraction of sp³-hybridized carbons (Fsp3) is 0.938. The van der Waals surface area contributed by atoms with Crippen molar-refractivity contribution in [3.8, 4) is 0 Å². The molecule has 0 saturated heterocycles. The largest absolute Gasteiger partial charge is 0.303 e. The van der Waals surface area contributed by atoms with Crippen LogP contribution in [0.3, 0.4) is 0 Å². The molecule has 0 radical (unpaired) electrons. The first-order valence-electron chi connectivity index (χ1n) is 7.38. The third-order valence-electron chi connectivity index (χ3n) is 5.33. The molecule has 1 fully saturated rings. The zero-order valence-electron chi connectivity index (χ0n) is 12.2. The standard InChI is InChI=1S/C16H30O/c1-15(2,13-17)16(3,4)14-11-9-7-5-6-8-10-12-14/h13-14H,5-12H2,1-4H3. The highest BCUT2D eigenvalue weighted by Crippen LogP contribution is 2.47. The smallest absolute Gasteiger partial charge is 0.126 e. The normalized spacial score (nSPS) is 21.4. The van der Waals surface area contributed by atoms with E-state index in [4.69, 9.17) is 0 Å². The molecular weight excluding hydrogens is 208 g/mol. The molecule has 1 nitrogen and oxygen atoms in total. The van der Waals surface area contributed by atoms with E-state index in [1.54, 1.807) is 0 Å². The van der Waals surface area contributed by atoms with Gasteiger partial charge in [0, 0.05) is 5.41 Å². The van der Waals surface area contributed by atoms with Crippen LogP contribution in [0.2, 0.25) is 0 Å². The SMILES string of the molecule is CC(C)(C=O)C(C)(C)C1CCCCCCCC1. The number of carbonyl (C=O) groups is 1. The van der Waals surface area contributed by atoms with Gasteiger partial charge in [0.25, 0.3) is 0 Å². The number of aldehydes is 1. The lowest BCUT2D eigenvalue weighted by molar-refractivity contribution is -0.122. The summed E-state index contributed by atoms with van der Waals surface area (Å²) >= 11 is 0. The molecule has 0 bridgehead atoms. The van der Waals surface area contributed by atoms with E-state index in [0.717, 1.165) is 0 Å². The highest BCUT2D eigenvalue weighted by atomic mass is 16.1. The molecular formula is C16H30O. The van der Waals surface area contributed by atoms with Crippen molar-refractivity contribution in [2.24, 2.45) is 16.7 Å². The molecule has 0 amide bonds. The molecule has 1 saturated carbocycles. The van der Waals surface area contributed by atoms with E-state index in [-0.39, 0.29) is 10.8 Å². The molecule has 0 unspecified atom stereocenters. The molecule has 0 aromatic heterocycles. The first-order chi connectivity index (χ1) is 7.92. The van der Waals surface area contributed by atoms with Crippen molar-refractivity contribution < 1.29 is 4.79 Å². The van der Waals surface area contributed by atoms with Crippen LogP contribution in [0.4, 0.5) is 0 Å². The van der Waals surface area contributed by atoms with E-state index in [0.29, 0.717) is 5.92 Å². The van der Waals surface area contributed by atoms with Crippen LogP contribution in [0.25, 0.3) is 0 Å². The molecule has 1 rings (SSSR count). The summed E-state index contributed by atoms with van der Waals surface area (Å²) in [5.74, 6) is 0.709. The van der Waals surface area contributed by atoms with E-state index in [1.807, 2.05) is 0 Å². The Kier molecular flexibility index (Phi) is 5.22. The van der Waals surface area contributed by atoms with E-state index in [2.05, 4.69) is 27.7 Å². The van der Waals surface area contributed by atoms with Crippen LogP contribution in [0.1, 0.15) is 79.1 Å². The Hall–Kier alpha value is -0.330. The van der Waals surface area contributed by atoms with Gasteiger partial charge in [0.05, 0.1) is 0 Å². The van der Waals surface area contributed by atoms with Gasteiger partial charge in [0.2, 0.25) is 0 Å². The summed E-state index contributed by atoms with van der Waals surface area (Å²) in [7, 11) is 0. The first-order valence-corrected chi connectivity index (χ1v) is 7.38. The van der Waals surface area contributed by atoms with Crippen molar-refractivity contribution in [3.63, 3.8) is 0 Å². The van der Waals surface area contributed by atoms with Crippen molar-refractivity contribution in [1.29, 1.82) is 0 Å². The summed E-state index contributed by atoms with van der Waals surface area (Å²) in [6.45, 7) is 8.80. The van der Waals surface area contributed by atoms with Gasteiger partial charge in [0.15, 0.2) is 0 Å². The number of carbonyl (C=O) groups excluding carboxylic acids is 1. The lowest BCUT2D eigenvalue weighted by Gasteiger charge is -2.44. The lowest BCUT2D eigenvalue weighted by atomic mass is 9.59. The van der Waals surface area contributed by atoms with Gasteiger partial charge < -0.3 is 4.79 Å². The Labute approximate surface area is 107 Å². The van der Waals surface area contributed by atoms with Crippen molar-refractivity contribution in [3.05, 3.63) is 0 Å². The maximum atomic E-state index is 11.3. The van der Waals surface area contributed by atoms with E-state index < -0.39 is 0 Å². The monoisotopic (exact) mass is 238 g/mol. The van der Waals surface area contributed by atoms with Crippen LogP contribution >= 0.6 is 0 Å². The molecule has 0 aromatic carbocycles. The maximum absolute atomic E-state index is 11.3. The van der Waals surface area contributed by atoms with Gasteiger partial charge in [-0.1, -0.05) is 66.2 Å². The van der Waals surface area contributed by atoms with Gasteiger partial charge in [-0.15, -0.1) is 0 Å². The van der Waals surface area contributed by atoms with Gasteiger partial charge >= 0.3 is 0 Å². The average Bonchev–Trinajstić information content (AvgIpc) is 2.41. The number of hydrogen-bond donors (Lipinski definition) is 0. The molecule has 100 valence electrons. The third kappa shape index (κ3) is 3.56. The Morgan fingerprint density at radius 1 is 0.824 bits per heavy atom. The topological polar surface area (TPSA) is 17.1 Å². The minimum Gasteiger partial charge on any atom is -0.303 e. The molecule has 0 aromatic rings. The Morgan fingerprint density at radius 2 is 1.24 bits per heavy atom. The van der Waals surface area contributed by atoms with Gasteiger partial charge in [-0.05, 0) is 24.2 Å². The minimum atomic E-state index is -0.203. The molecule has 0 heterocycles. The zero-order valence-corrected chi connectivity index (χ0v) is 12.2. The molecule has 0 aliphatic heterocycles. The lowest BCUT2D eigenvalue weighted by Crippen LogP contribution is -2.40. The highest BCUT2D eigenvalue weighted by molar-refractivity contribution is 5.59. The molecule has 1 aliphatic rings. The highest BCUT2D eigenvalue weighted by Gasteiger charge is 2.42. The summed E-state index contributed by atoms with van der Waals surface area (Å²) in [5, 5.41) is 0. The van der Waals surface area contributed by atoms with E-state index >= 15 is 0 Å². The molecule has 17 heavy (non-hydrogen) atoms. The van der Waals surface area contributed by atoms with Gasteiger partial charge in [-0.2, -0.15) is 0 Å². The summed E-state index contributed by atoms with van der Waals surface area (Å²) in [5.41, 5.74) is -0.0786. The fourth-order valence-corrected chi connectivity index (χ4v) is 3.03. The summed E-state index contributed by atoms with van der Waals surface area (Å²) < 4.78 is 0. The Morgan fingerprint density at radius 3 is 1.65 bits per heavy atom. The van der Waals surface area contributed by atoms with Crippen LogP contribution in [-0.4, -0.2) is 6.29 Å². The van der Waals surface area contributed by atoms with Crippen LogP contribution in [0.5, 0.6) is 0 Å². The first kappa shape index (κ1) is 14.7. The summed E-state index contributed by atoms with van der Waals surface area (Å²) in [4.78, 5) is 11.3. The second kappa shape index (κ2) is 6.02. The predicted octanol–water partition coefficient (Wildman–Crippen LogP) is 4.99. The second-order valence-electron chi connectivity index (χ2n) is 6.96. The van der Waals surface area contributed by atoms with Crippen LogP contribution in [0.15, 0.2) is 0 Å². The summed E-state index contributed by atoms with van der Waals surface area (Å²) in [6.07, 6.45) is 12.1. The van der Waals surface area contributed by atoms with Gasteiger partial charge in [0.1, 0.15) is 6.29 Å². The summed E-state index contributed by atoms with van der Waals surface area (Å²) in [6, 6.07) is 0. The molecule has 0 spiro atoms. The van der Waals surface area contributed by atoms with Gasteiger partial charge in [-0.25, -0.2) is 0 Å². The van der Waals surface area contributed by atoms with Crippen LogP contribution < -0.4 is 0 Å². The fourth-order valence-electron chi connectivity index (χ4n) is 3.03. The van der Waals surface area contributed by atoms with E-state index in [1.165, 1.54) is 57.7 Å². The van der Waals surface area contributed by atoms with Crippen molar-refractivity contribution in [2.75, 3.05) is 0 Å². The minimum absolute atomic E-state index is 0.124. The number of hydrogen-bond acceptors (Lipinski definition) is 1. The maximum Gasteiger partial charge on any atom is 0.126 e. The zero-order chi connectivity index (χ0) is 12.9. The molecule has 1 heteroatoms. The van der Waals surface area contributed by atoms with E-state index in [9.17, 15) is 4.79 Å². The van der Waals surface area contributed by atoms with Crippen LogP contribution in [-0.2, 0) is 4.79 Å². The van der Waals surface area contributed by atoms with Gasteiger partial charge in [-0.3, -0.25) is 0 Å². The van der Waals surface area contributed by atoms with Crippen molar-refractivity contribution >= 4 is 6.29 Å². The van der Waals surface area contributed by atoms with Crippen molar-refractivity contribution in [2.45, 2.75) is 79.1 Å². The Balaban J connectivity index is 2.75. The van der Waals surface area contributed by atoms with Crippen molar-refractivity contribution in [1.82, 2.24) is 0 Å². The number of rotatable bonds is 3. The quantitative estimate of drug-likeness (QED) is 0.633. The Bertz CT molecular complexity index is 230. The predicted molar refractivity (Wildman–Crippen MR) is 74.1 cm³/mol. The van der Waals surface area contributed by atoms with Crippen LogP contribution in [0, 0.1) is 16.7 Å². The second-order valence-corrected chi connectivity index (χ2v) is 6.96.